The summed E-state index contributed by atoms with van der Waals surface area (Å²) < 4.78 is 0. The number of amides is 2. The molecule has 0 aromatic rings. The average Bonchev–Trinajstić information content (AvgIpc) is 2.53. The highest BCUT2D eigenvalue weighted by atomic mass is 35.5. The fraction of sp³-hybridized carbons (Fsp3) is 0.800. The molecule has 0 saturated carbocycles. The highest BCUT2D eigenvalue weighted by molar-refractivity contribution is 5.89. The number of rotatable bonds is 1. The summed E-state index contributed by atoms with van der Waals surface area (Å²) in [5, 5.41) is 5.96. The van der Waals surface area contributed by atoms with Crippen LogP contribution < -0.4 is 10.6 Å². The number of nitrogens with zero attached hydrogens (tertiary/aromatic N) is 1. The Morgan fingerprint density at radius 1 is 1.31 bits per heavy atom. The Labute approximate surface area is 101 Å². The molecule has 0 bridgehead atoms. The van der Waals surface area contributed by atoms with Crippen LogP contribution in [0.15, 0.2) is 0 Å². The van der Waals surface area contributed by atoms with Gasteiger partial charge in [-0.05, 0) is 13.0 Å². The first-order valence-electron chi connectivity index (χ1n) is 5.53. The Hall–Kier alpha value is -0.810. The largest absolute Gasteiger partial charge is 0.355 e. The van der Waals surface area contributed by atoms with Crippen LogP contribution in [-0.2, 0) is 9.59 Å². The van der Waals surface area contributed by atoms with Gasteiger partial charge in [0.15, 0.2) is 0 Å². The van der Waals surface area contributed by atoms with E-state index >= 15 is 0 Å². The molecule has 6 heteroatoms. The number of nitrogens with one attached hydrogen (secondary N) is 2. The normalized spacial score (nSPS) is 25.6. The molecule has 1 unspecified atom stereocenters. The molecule has 2 aliphatic heterocycles. The van der Waals surface area contributed by atoms with Crippen molar-refractivity contribution in [3.8, 4) is 0 Å². The van der Waals surface area contributed by atoms with Gasteiger partial charge in [0, 0.05) is 32.6 Å². The van der Waals surface area contributed by atoms with Crippen molar-refractivity contribution in [3.05, 3.63) is 0 Å². The Morgan fingerprint density at radius 3 is 2.81 bits per heavy atom. The Morgan fingerprint density at radius 2 is 2.12 bits per heavy atom. The molecule has 2 N–H and O–H groups in total. The molecule has 2 heterocycles. The van der Waals surface area contributed by atoms with Gasteiger partial charge >= 0.3 is 0 Å². The SMILES string of the molecule is Cl.O=C1CC(C(=O)N2CCCNCC2)CN1. The first-order valence-corrected chi connectivity index (χ1v) is 5.53. The van der Waals surface area contributed by atoms with Gasteiger partial charge in [0.1, 0.15) is 0 Å². The monoisotopic (exact) mass is 247 g/mol. The minimum Gasteiger partial charge on any atom is -0.355 e. The number of carbonyl (C=O) groups is 2. The molecule has 0 aromatic carbocycles. The highest BCUT2D eigenvalue weighted by Crippen LogP contribution is 2.13. The van der Waals surface area contributed by atoms with Crippen molar-refractivity contribution in [2.75, 3.05) is 32.7 Å². The zero-order valence-electron chi connectivity index (χ0n) is 9.20. The van der Waals surface area contributed by atoms with Gasteiger partial charge in [-0.15, -0.1) is 12.4 Å². The molecule has 5 nitrogen and oxygen atoms in total. The van der Waals surface area contributed by atoms with Gasteiger partial charge in [-0.2, -0.15) is 0 Å². The van der Waals surface area contributed by atoms with Gasteiger partial charge < -0.3 is 15.5 Å². The lowest BCUT2D eigenvalue weighted by Crippen LogP contribution is -2.39. The molecular weight excluding hydrogens is 230 g/mol. The van der Waals surface area contributed by atoms with Crippen molar-refractivity contribution in [2.45, 2.75) is 12.8 Å². The van der Waals surface area contributed by atoms with Gasteiger partial charge in [-0.3, -0.25) is 9.59 Å². The van der Waals surface area contributed by atoms with Crippen LogP contribution in [0.2, 0.25) is 0 Å². The minimum atomic E-state index is -0.129. The highest BCUT2D eigenvalue weighted by Gasteiger charge is 2.31. The number of hydrogen-bond donors (Lipinski definition) is 2. The van der Waals surface area contributed by atoms with Crippen LogP contribution in [0.5, 0.6) is 0 Å². The first kappa shape index (κ1) is 13.3. The van der Waals surface area contributed by atoms with E-state index in [9.17, 15) is 9.59 Å². The summed E-state index contributed by atoms with van der Waals surface area (Å²) in [5.41, 5.74) is 0. The van der Waals surface area contributed by atoms with Crippen LogP contribution in [0.1, 0.15) is 12.8 Å². The topological polar surface area (TPSA) is 61.4 Å². The maximum absolute atomic E-state index is 12.0. The average molecular weight is 248 g/mol. The van der Waals surface area contributed by atoms with Crippen LogP contribution in [0, 0.1) is 5.92 Å². The zero-order valence-corrected chi connectivity index (χ0v) is 10.0. The summed E-state index contributed by atoms with van der Waals surface area (Å²) in [4.78, 5) is 24.9. The summed E-state index contributed by atoms with van der Waals surface area (Å²) >= 11 is 0. The van der Waals surface area contributed by atoms with Crippen molar-refractivity contribution in [2.24, 2.45) is 5.92 Å². The molecule has 2 aliphatic rings. The molecule has 0 aromatic heterocycles. The predicted molar refractivity (Wildman–Crippen MR) is 62.4 cm³/mol. The Bertz CT molecular complexity index is 265. The van der Waals surface area contributed by atoms with Crippen molar-refractivity contribution in [3.63, 3.8) is 0 Å². The van der Waals surface area contributed by atoms with Gasteiger partial charge in [0.2, 0.25) is 11.8 Å². The number of halogens is 1. The summed E-state index contributed by atoms with van der Waals surface area (Å²) in [5.74, 6) is 0.00828. The second-order valence-electron chi connectivity index (χ2n) is 4.13. The molecule has 0 radical (unpaired) electrons. The molecule has 1 atom stereocenters. The van der Waals surface area contributed by atoms with Gasteiger partial charge in [0.05, 0.1) is 5.92 Å². The molecule has 2 rings (SSSR count). The maximum Gasteiger partial charge on any atom is 0.228 e. The molecular formula is C10H18ClN3O2. The second kappa shape index (κ2) is 6.06. The molecule has 2 fully saturated rings. The van der Waals surface area contributed by atoms with Gasteiger partial charge in [-0.1, -0.05) is 0 Å². The van der Waals surface area contributed by atoms with E-state index < -0.39 is 0 Å². The van der Waals surface area contributed by atoms with E-state index in [0.717, 1.165) is 32.6 Å². The molecule has 2 saturated heterocycles. The van der Waals surface area contributed by atoms with E-state index in [1.807, 2.05) is 4.90 Å². The molecule has 92 valence electrons. The lowest BCUT2D eigenvalue weighted by molar-refractivity contribution is -0.135. The lowest BCUT2D eigenvalue weighted by Gasteiger charge is -2.22. The van der Waals surface area contributed by atoms with E-state index in [2.05, 4.69) is 10.6 Å². The van der Waals surface area contributed by atoms with E-state index in [-0.39, 0.29) is 30.1 Å². The summed E-state index contributed by atoms with van der Waals surface area (Å²) in [6.45, 7) is 3.94. The maximum atomic E-state index is 12.0. The third kappa shape index (κ3) is 3.09. The van der Waals surface area contributed by atoms with E-state index in [1.54, 1.807) is 0 Å². The van der Waals surface area contributed by atoms with Crippen LogP contribution >= 0.6 is 12.4 Å². The van der Waals surface area contributed by atoms with E-state index in [4.69, 9.17) is 0 Å². The Balaban J connectivity index is 0.00000128. The Kier molecular flexibility index (Phi) is 5.02. The number of hydrogen-bond acceptors (Lipinski definition) is 3. The van der Waals surface area contributed by atoms with E-state index in [0.29, 0.717) is 13.0 Å². The summed E-state index contributed by atoms with van der Waals surface area (Å²) in [6.07, 6.45) is 1.36. The molecule has 2 amide bonds. The second-order valence-corrected chi connectivity index (χ2v) is 4.13. The molecule has 16 heavy (non-hydrogen) atoms. The smallest absolute Gasteiger partial charge is 0.228 e. The van der Waals surface area contributed by atoms with Crippen LogP contribution in [-0.4, -0.2) is 49.4 Å². The van der Waals surface area contributed by atoms with Crippen LogP contribution in [0.25, 0.3) is 0 Å². The number of carbonyl (C=O) groups excluding carboxylic acids is 2. The molecule has 0 spiro atoms. The third-order valence-corrected chi connectivity index (χ3v) is 2.98. The standard InChI is InChI=1S/C10H17N3O2.ClH/c14-9-6-8(7-12-9)10(15)13-4-1-2-11-3-5-13;/h8,11H,1-7H2,(H,12,14);1H. The predicted octanol–water partition coefficient (Wildman–Crippen LogP) is -0.634. The summed E-state index contributed by atoms with van der Waals surface area (Å²) in [7, 11) is 0. The lowest BCUT2D eigenvalue weighted by atomic mass is 10.1. The van der Waals surface area contributed by atoms with Crippen molar-refractivity contribution >= 4 is 24.2 Å². The molecule has 0 aliphatic carbocycles. The van der Waals surface area contributed by atoms with E-state index in [1.165, 1.54) is 0 Å². The minimum absolute atomic E-state index is 0. The van der Waals surface area contributed by atoms with Crippen molar-refractivity contribution in [1.82, 2.24) is 15.5 Å². The third-order valence-electron chi connectivity index (χ3n) is 2.98. The fourth-order valence-corrected chi connectivity index (χ4v) is 2.10. The fourth-order valence-electron chi connectivity index (χ4n) is 2.10. The van der Waals surface area contributed by atoms with Gasteiger partial charge in [-0.25, -0.2) is 0 Å². The first-order chi connectivity index (χ1) is 7.27. The summed E-state index contributed by atoms with van der Waals surface area (Å²) in [6, 6.07) is 0. The van der Waals surface area contributed by atoms with Crippen LogP contribution in [0.4, 0.5) is 0 Å². The van der Waals surface area contributed by atoms with Crippen molar-refractivity contribution < 1.29 is 9.59 Å². The zero-order chi connectivity index (χ0) is 10.7. The van der Waals surface area contributed by atoms with Crippen LogP contribution in [0.3, 0.4) is 0 Å². The van der Waals surface area contributed by atoms with Crippen molar-refractivity contribution in [1.29, 1.82) is 0 Å². The quantitative estimate of drug-likeness (QED) is 0.649. The van der Waals surface area contributed by atoms with Gasteiger partial charge in [0.25, 0.3) is 0 Å².